The fourth-order valence-corrected chi connectivity index (χ4v) is 1.36. The van der Waals surface area contributed by atoms with Crippen molar-refractivity contribution in [3.05, 3.63) is 36.4 Å². The van der Waals surface area contributed by atoms with E-state index >= 15 is 0 Å². The molecule has 0 aromatic heterocycles. The normalized spacial score (nSPS) is 14.0. The van der Waals surface area contributed by atoms with Crippen LogP contribution in [0.15, 0.2) is 36.4 Å². The Morgan fingerprint density at radius 3 is 1.04 bits per heavy atom. The zero-order chi connectivity index (χ0) is 18.7. The van der Waals surface area contributed by atoms with Gasteiger partial charge in [-0.25, -0.2) is 0 Å². The molecule has 134 valence electrons. The predicted molar refractivity (Wildman–Crippen MR) is 58.9 cm³/mol. The molecule has 0 fully saturated rings. The second-order valence-electron chi connectivity index (χ2n) is 3.79. The van der Waals surface area contributed by atoms with Gasteiger partial charge in [0.05, 0.1) is 0 Å². The first-order valence-electron chi connectivity index (χ1n) is 5.17. The van der Waals surface area contributed by atoms with Crippen LogP contribution in [0.4, 0.5) is 39.5 Å². The maximum Gasteiger partial charge on any atom is 0.460 e. The highest BCUT2D eigenvalue weighted by Gasteiger charge is 2.85. The Hall–Kier alpha value is -1.50. The largest absolute Gasteiger partial charge is 0.460 e. The van der Waals surface area contributed by atoms with E-state index in [9.17, 15) is 47.9 Å². The molecule has 1 rings (SSSR count). The summed E-state index contributed by atoms with van der Waals surface area (Å²) < 4.78 is 134. The van der Waals surface area contributed by atoms with Gasteiger partial charge in [0.1, 0.15) is 0 Å². The van der Waals surface area contributed by atoms with Crippen molar-refractivity contribution in [3.63, 3.8) is 0 Å². The molecule has 0 unspecified atom stereocenters. The first-order chi connectivity index (χ1) is 10.0. The predicted octanol–water partition coefficient (Wildman–Crippen LogP) is 3.99. The highest BCUT2D eigenvalue weighted by Crippen LogP contribution is 2.54. The minimum absolute atomic E-state index is 2.00. The Morgan fingerprint density at radius 1 is 0.609 bits per heavy atom. The second kappa shape index (κ2) is 6.55. The summed E-state index contributed by atoms with van der Waals surface area (Å²) in [7, 11) is -7.17. The molecule has 0 radical (unpaired) electrons. The molecule has 0 saturated heterocycles. The molecule has 1 N–H and O–H groups in total. The lowest BCUT2D eigenvalue weighted by atomic mass is 10.1. The van der Waals surface area contributed by atoms with Gasteiger partial charge >= 0.3 is 33.4 Å². The Morgan fingerprint density at radius 2 is 0.870 bits per heavy atom. The Kier molecular flexibility index (Phi) is 6.12. The monoisotopic (exact) mass is 378 g/mol. The van der Waals surface area contributed by atoms with Crippen LogP contribution in [-0.2, 0) is 10.1 Å². The number of benzene rings is 1. The van der Waals surface area contributed by atoms with Gasteiger partial charge in [-0.3, -0.25) is 4.55 Å². The summed E-state index contributed by atoms with van der Waals surface area (Å²) in [6.45, 7) is 0. The fourth-order valence-electron chi connectivity index (χ4n) is 0.908. The molecule has 1 aromatic rings. The molecule has 0 aliphatic carbocycles. The quantitative estimate of drug-likeness (QED) is 0.639. The molecule has 23 heavy (non-hydrogen) atoms. The van der Waals surface area contributed by atoms with Gasteiger partial charge in [0.15, 0.2) is 0 Å². The molecular weight excluding hydrogens is 371 g/mol. The maximum atomic E-state index is 12.2. The van der Waals surface area contributed by atoms with Gasteiger partial charge < -0.3 is 0 Å². The van der Waals surface area contributed by atoms with E-state index in [4.69, 9.17) is 4.55 Å². The number of alkyl halides is 9. The van der Waals surface area contributed by atoms with E-state index in [1.165, 1.54) is 0 Å². The molecule has 0 atom stereocenters. The summed E-state index contributed by atoms with van der Waals surface area (Å²) in [6, 6.07) is 12.0. The van der Waals surface area contributed by atoms with Gasteiger partial charge in [0.25, 0.3) is 0 Å². The lowest BCUT2D eigenvalue weighted by Crippen LogP contribution is -2.63. The maximum absolute atomic E-state index is 12.2. The fraction of sp³-hybridized carbons (Fsp3) is 0.400. The molecule has 13 heteroatoms. The van der Waals surface area contributed by atoms with E-state index in [1.807, 2.05) is 36.4 Å². The van der Waals surface area contributed by atoms with Crippen molar-refractivity contribution in [2.24, 2.45) is 0 Å². The lowest BCUT2D eigenvalue weighted by Gasteiger charge is -2.31. The summed E-state index contributed by atoms with van der Waals surface area (Å²) >= 11 is 0. The molecule has 0 bridgehead atoms. The Bertz CT molecular complexity index is 569. The topological polar surface area (TPSA) is 54.4 Å². The van der Waals surface area contributed by atoms with Gasteiger partial charge in [-0.05, 0) is 0 Å². The highest BCUT2D eigenvalue weighted by molar-refractivity contribution is 7.87. The lowest BCUT2D eigenvalue weighted by molar-refractivity contribution is -0.382. The molecule has 0 heterocycles. The van der Waals surface area contributed by atoms with Crippen LogP contribution >= 0.6 is 0 Å². The van der Waals surface area contributed by atoms with Gasteiger partial charge in [0, 0.05) is 0 Å². The molecule has 0 amide bonds. The molecule has 3 nitrogen and oxygen atoms in total. The average Bonchev–Trinajstić information content (AvgIpc) is 2.38. The average molecular weight is 378 g/mol. The van der Waals surface area contributed by atoms with Crippen LogP contribution in [0, 0.1) is 0 Å². The summed E-state index contributed by atoms with van der Waals surface area (Å²) in [4.78, 5) is 0. The molecule has 0 aliphatic heterocycles. The molecule has 0 aliphatic rings. The van der Waals surface area contributed by atoms with E-state index in [0.29, 0.717) is 0 Å². The van der Waals surface area contributed by atoms with Crippen LogP contribution < -0.4 is 0 Å². The van der Waals surface area contributed by atoms with E-state index in [0.717, 1.165) is 0 Å². The number of rotatable bonds is 3. The Balaban J connectivity index is 0.000000664. The minimum Gasteiger partial charge on any atom is -0.281 e. The van der Waals surface area contributed by atoms with Crippen LogP contribution in [0.25, 0.3) is 0 Å². The molecule has 0 saturated carbocycles. The second-order valence-corrected chi connectivity index (χ2v) is 5.26. The minimum atomic E-state index is -7.37. The molecule has 0 spiro atoms. The first kappa shape index (κ1) is 21.5. The standard InChI is InChI=1S/C6H6.C4HF9O3S/c1-2-4-6-5-3-1;5-1(6,3(9,10)11)2(7,8)4(12,13)17(14,15)16/h1-6H;(H,14,15,16). The summed E-state index contributed by atoms with van der Waals surface area (Å²) in [5.41, 5.74) is 0. The SMILES string of the molecule is O=S(=O)(O)C(F)(F)C(F)(F)C(F)(F)C(F)(F)F.c1ccccc1. The van der Waals surface area contributed by atoms with Gasteiger partial charge in [-0.1, -0.05) is 36.4 Å². The number of hydrogen-bond donors (Lipinski definition) is 1. The summed E-state index contributed by atoms with van der Waals surface area (Å²) in [5.74, 6) is -14.7. The Labute approximate surface area is 123 Å². The van der Waals surface area contributed by atoms with Crippen molar-refractivity contribution in [2.75, 3.05) is 0 Å². The molecule has 1 aromatic carbocycles. The van der Waals surface area contributed by atoms with E-state index in [2.05, 4.69) is 0 Å². The number of halogens is 9. The van der Waals surface area contributed by atoms with Crippen molar-refractivity contribution in [2.45, 2.75) is 23.3 Å². The third kappa shape index (κ3) is 4.28. The zero-order valence-electron chi connectivity index (χ0n) is 10.5. The van der Waals surface area contributed by atoms with Crippen LogP contribution in [0.1, 0.15) is 0 Å². The smallest absolute Gasteiger partial charge is 0.281 e. The van der Waals surface area contributed by atoms with Gasteiger partial charge in [0.2, 0.25) is 0 Å². The van der Waals surface area contributed by atoms with Crippen LogP contribution in [-0.4, -0.2) is 36.2 Å². The molecular formula is C10H7F9O3S. The van der Waals surface area contributed by atoms with Gasteiger partial charge in [-0.15, -0.1) is 0 Å². The van der Waals surface area contributed by atoms with E-state index in [-0.39, 0.29) is 0 Å². The highest BCUT2D eigenvalue weighted by atomic mass is 32.2. The van der Waals surface area contributed by atoms with Crippen LogP contribution in [0.2, 0.25) is 0 Å². The van der Waals surface area contributed by atoms with Crippen molar-refractivity contribution in [1.29, 1.82) is 0 Å². The first-order valence-corrected chi connectivity index (χ1v) is 6.61. The third-order valence-corrected chi connectivity index (χ3v) is 3.01. The third-order valence-electron chi connectivity index (χ3n) is 2.11. The van der Waals surface area contributed by atoms with E-state index in [1.54, 1.807) is 0 Å². The van der Waals surface area contributed by atoms with Crippen molar-refractivity contribution in [3.8, 4) is 0 Å². The van der Waals surface area contributed by atoms with Crippen molar-refractivity contribution < 1.29 is 52.5 Å². The zero-order valence-corrected chi connectivity index (χ0v) is 11.4. The van der Waals surface area contributed by atoms with E-state index < -0.39 is 33.4 Å². The number of hydrogen-bond acceptors (Lipinski definition) is 2. The van der Waals surface area contributed by atoms with Crippen LogP contribution in [0.3, 0.4) is 0 Å². The van der Waals surface area contributed by atoms with Crippen LogP contribution in [0.5, 0.6) is 0 Å². The summed E-state index contributed by atoms with van der Waals surface area (Å²) in [5, 5.41) is -7.00. The van der Waals surface area contributed by atoms with Crippen molar-refractivity contribution >= 4 is 10.1 Å². The van der Waals surface area contributed by atoms with Crippen molar-refractivity contribution in [1.82, 2.24) is 0 Å². The van der Waals surface area contributed by atoms with Gasteiger partial charge in [-0.2, -0.15) is 47.9 Å². The summed E-state index contributed by atoms with van der Waals surface area (Å²) in [6.07, 6.45) is -7.13.